The second kappa shape index (κ2) is 9.03. The van der Waals surface area contributed by atoms with E-state index in [0.29, 0.717) is 26.4 Å². The second-order valence-corrected chi connectivity index (χ2v) is 9.30. The van der Waals surface area contributed by atoms with E-state index in [9.17, 15) is 9.59 Å². The molecule has 35 heavy (non-hydrogen) atoms. The van der Waals surface area contributed by atoms with Gasteiger partial charge >= 0.3 is 5.97 Å². The van der Waals surface area contributed by atoms with Crippen molar-refractivity contribution < 1.29 is 14.3 Å². The van der Waals surface area contributed by atoms with Crippen LogP contribution in [0.2, 0.25) is 0 Å². The lowest BCUT2D eigenvalue weighted by Gasteiger charge is -2.25. The monoisotopic (exact) mass is 487 g/mol. The van der Waals surface area contributed by atoms with Gasteiger partial charge in [0.2, 0.25) is 0 Å². The summed E-state index contributed by atoms with van der Waals surface area (Å²) in [4.78, 5) is 32.0. The van der Waals surface area contributed by atoms with Crippen LogP contribution in [-0.2, 0) is 16.6 Å². The SMILES string of the molecule is CCOC(=O)C1=C(C)N=c2s/c(=C\c3cn(C)c4ccccc34)c(=O)n2[C@@H]1c1cccc(OC)c1. The molecule has 1 aliphatic rings. The Balaban J connectivity index is 1.76. The van der Waals surface area contributed by atoms with Crippen molar-refractivity contribution >= 4 is 34.3 Å². The van der Waals surface area contributed by atoms with E-state index in [1.807, 2.05) is 72.4 Å². The molecule has 0 saturated carbocycles. The van der Waals surface area contributed by atoms with Crippen LogP contribution in [0.1, 0.15) is 31.0 Å². The number of hydrogen-bond acceptors (Lipinski definition) is 6. The third-order valence-corrected chi connectivity index (χ3v) is 7.12. The van der Waals surface area contributed by atoms with Crippen molar-refractivity contribution in [3.8, 4) is 5.75 Å². The topological polar surface area (TPSA) is 74.8 Å². The van der Waals surface area contributed by atoms with Gasteiger partial charge in [-0.3, -0.25) is 9.36 Å². The summed E-state index contributed by atoms with van der Waals surface area (Å²) in [6.45, 7) is 3.76. The van der Waals surface area contributed by atoms with Crippen LogP contribution in [0.3, 0.4) is 0 Å². The van der Waals surface area contributed by atoms with Gasteiger partial charge in [0, 0.05) is 29.7 Å². The van der Waals surface area contributed by atoms with E-state index in [0.717, 1.165) is 22.0 Å². The molecule has 0 spiro atoms. The summed E-state index contributed by atoms with van der Waals surface area (Å²) in [7, 11) is 3.57. The summed E-state index contributed by atoms with van der Waals surface area (Å²) >= 11 is 1.32. The molecule has 0 saturated heterocycles. The lowest BCUT2D eigenvalue weighted by atomic mass is 9.95. The van der Waals surface area contributed by atoms with Crippen molar-refractivity contribution in [2.75, 3.05) is 13.7 Å². The summed E-state index contributed by atoms with van der Waals surface area (Å²) in [5.41, 5.74) is 3.47. The number of fused-ring (bicyclic) bond motifs is 2. The van der Waals surface area contributed by atoms with E-state index >= 15 is 0 Å². The van der Waals surface area contributed by atoms with Gasteiger partial charge in [-0.05, 0) is 43.7 Å². The first kappa shape index (κ1) is 22.9. The minimum Gasteiger partial charge on any atom is -0.497 e. The van der Waals surface area contributed by atoms with E-state index in [2.05, 4.69) is 4.99 Å². The lowest BCUT2D eigenvalue weighted by Crippen LogP contribution is -2.39. The number of ether oxygens (including phenoxy) is 2. The molecular formula is C27H25N3O4S. The molecule has 7 nitrogen and oxygen atoms in total. The predicted octanol–water partition coefficient (Wildman–Crippen LogP) is 3.30. The third kappa shape index (κ3) is 3.89. The molecule has 2 aromatic heterocycles. The zero-order chi connectivity index (χ0) is 24.7. The van der Waals surface area contributed by atoms with Crippen LogP contribution in [-0.4, -0.2) is 28.8 Å². The maximum atomic E-state index is 13.8. The normalized spacial score (nSPS) is 15.8. The number of hydrogen-bond donors (Lipinski definition) is 0. The molecule has 0 N–H and O–H groups in total. The average molecular weight is 488 g/mol. The van der Waals surface area contributed by atoms with E-state index < -0.39 is 12.0 Å². The summed E-state index contributed by atoms with van der Waals surface area (Å²) in [5, 5.41) is 1.06. The van der Waals surface area contributed by atoms with Gasteiger partial charge < -0.3 is 14.0 Å². The minimum absolute atomic E-state index is 0.205. The van der Waals surface area contributed by atoms with Crippen molar-refractivity contribution in [3.63, 3.8) is 0 Å². The Bertz CT molecular complexity index is 1670. The maximum absolute atomic E-state index is 13.8. The molecule has 0 fully saturated rings. The highest BCUT2D eigenvalue weighted by molar-refractivity contribution is 7.07. The second-order valence-electron chi connectivity index (χ2n) is 8.29. The molecule has 1 aliphatic heterocycles. The van der Waals surface area contributed by atoms with Crippen molar-refractivity contribution in [2.45, 2.75) is 19.9 Å². The van der Waals surface area contributed by atoms with Crippen LogP contribution in [0.4, 0.5) is 0 Å². The van der Waals surface area contributed by atoms with Gasteiger partial charge in [-0.25, -0.2) is 9.79 Å². The summed E-state index contributed by atoms with van der Waals surface area (Å²) in [5.74, 6) is 0.156. The highest BCUT2D eigenvalue weighted by Gasteiger charge is 2.33. The molecule has 8 heteroatoms. The van der Waals surface area contributed by atoms with Crippen LogP contribution in [0.25, 0.3) is 17.0 Å². The van der Waals surface area contributed by atoms with Gasteiger partial charge in [-0.2, -0.15) is 0 Å². The number of thiazole rings is 1. The molecule has 1 atom stereocenters. The average Bonchev–Trinajstić information content (AvgIpc) is 3.34. The summed E-state index contributed by atoms with van der Waals surface area (Å²) in [6, 6.07) is 14.8. The quantitative estimate of drug-likeness (QED) is 0.405. The van der Waals surface area contributed by atoms with Crippen molar-refractivity contribution in [2.24, 2.45) is 12.0 Å². The fourth-order valence-corrected chi connectivity index (χ4v) is 5.59. The maximum Gasteiger partial charge on any atom is 0.338 e. The van der Waals surface area contributed by atoms with Gasteiger partial charge in [0.1, 0.15) is 5.75 Å². The van der Waals surface area contributed by atoms with Crippen molar-refractivity contribution in [1.82, 2.24) is 9.13 Å². The molecule has 2 aromatic carbocycles. The predicted molar refractivity (Wildman–Crippen MR) is 136 cm³/mol. The molecule has 0 radical (unpaired) electrons. The Kier molecular flexibility index (Phi) is 5.90. The van der Waals surface area contributed by atoms with Crippen molar-refractivity contribution in [1.29, 1.82) is 0 Å². The Labute approximate surface area is 205 Å². The van der Waals surface area contributed by atoms with Crippen LogP contribution < -0.4 is 19.6 Å². The molecule has 0 unspecified atom stereocenters. The van der Waals surface area contributed by atoms with Crippen LogP contribution in [0.15, 0.2) is 75.8 Å². The van der Waals surface area contributed by atoms with E-state index in [-0.39, 0.29) is 12.2 Å². The molecule has 0 bridgehead atoms. The Morgan fingerprint density at radius 1 is 1.20 bits per heavy atom. The number of allylic oxidation sites excluding steroid dienone is 1. The standard InChI is InChI=1S/C27H25N3O4S/c1-5-34-26(32)23-16(2)28-27-30(24(23)17-9-8-10-19(13-17)33-4)25(31)22(35-27)14-18-15-29(3)21-12-7-6-11-20(18)21/h6-15,24H,5H2,1-4H3/b22-14-/t24-/m1/s1. The van der Waals surface area contributed by atoms with Crippen molar-refractivity contribution in [3.05, 3.63) is 96.8 Å². The smallest absolute Gasteiger partial charge is 0.338 e. The van der Waals surface area contributed by atoms with Gasteiger partial charge in [0.25, 0.3) is 5.56 Å². The van der Waals surface area contributed by atoms with Crippen LogP contribution in [0.5, 0.6) is 5.75 Å². The van der Waals surface area contributed by atoms with E-state index in [1.54, 1.807) is 25.5 Å². The number of para-hydroxylation sites is 1. The van der Waals surface area contributed by atoms with Gasteiger partial charge in [0.15, 0.2) is 4.80 Å². The van der Waals surface area contributed by atoms with Crippen LogP contribution >= 0.6 is 11.3 Å². The number of rotatable bonds is 5. The number of carbonyl (C=O) groups is 1. The Morgan fingerprint density at radius 3 is 2.77 bits per heavy atom. The molecule has 0 amide bonds. The molecule has 3 heterocycles. The molecule has 4 aromatic rings. The number of esters is 1. The lowest BCUT2D eigenvalue weighted by molar-refractivity contribution is -0.139. The fourth-order valence-electron chi connectivity index (χ4n) is 4.55. The van der Waals surface area contributed by atoms with E-state index in [1.165, 1.54) is 11.3 Å². The largest absolute Gasteiger partial charge is 0.497 e. The highest BCUT2D eigenvalue weighted by atomic mass is 32.1. The minimum atomic E-state index is -0.671. The molecule has 178 valence electrons. The molecular weight excluding hydrogens is 462 g/mol. The van der Waals surface area contributed by atoms with Gasteiger partial charge in [-0.1, -0.05) is 41.7 Å². The van der Waals surface area contributed by atoms with Crippen LogP contribution in [0, 0.1) is 0 Å². The van der Waals surface area contributed by atoms with E-state index in [4.69, 9.17) is 9.47 Å². The fraction of sp³-hybridized carbons (Fsp3) is 0.222. The highest BCUT2D eigenvalue weighted by Crippen LogP contribution is 2.32. The Morgan fingerprint density at radius 2 is 2.00 bits per heavy atom. The number of carbonyl (C=O) groups excluding carboxylic acids is 1. The first-order valence-electron chi connectivity index (χ1n) is 11.3. The molecule has 5 rings (SSSR count). The zero-order valence-corrected chi connectivity index (χ0v) is 20.8. The number of nitrogens with zero attached hydrogens (tertiary/aromatic N) is 3. The summed E-state index contributed by atoms with van der Waals surface area (Å²) < 4.78 is 15.0. The first-order valence-corrected chi connectivity index (χ1v) is 12.1. The molecule has 0 aliphatic carbocycles. The number of methoxy groups -OCH3 is 1. The zero-order valence-electron chi connectivity index (χ0n) is 19.9. The third-order valence-electron chi connectivity index (χ3n) is 6.14. The first-order chi connectivity index (χ1) is 16.9. The van der Waals surface area contributed by atoms with Gasteiger partial charge in [0.05, 0.1) is 35.6 Å². The number of aryl methyl sites for hydroxylation is 1. The number of benzene rings is 2. The number of aromatic nitrogens is 2. The summed E-state index contributed by atoms with van der Waals surface area (Å²) in [6.07, 6.45) is 3.91. The Hall–Kier alpha value is -3.91. The van der Waals surface area contributed by atoms with Gasteiger partial charge in [-0.15, -0.1) is 0 Å².